The van der Waals surface area contributed by atoms with Gasteiger partial charge in [-0.15, -0.1) is 0 Å². The number of para-hydroxylation sites is 2. The largest absolute Gasteiger partial charge is 0.326 e. The first kappa shape index (κ1) is 25.9. The summed E-state index contributed by atoms with van der Waals surface area (Å²) in [6, 6.07) is 36.0. The number of benzene rings is 4. The van der Waals surface area contributed by atoms with Crippen LogP contribution < -0.4 is 11.2 Å². The van der Waals surface area contributed by atoms with Crippen LogP contribution in [0.3, 0.4) is 0 Å². The molecule has 7 heteroatoms. The number of rotatable bonds is 6. The van der Waals surface area contributed by atoms with Crippen LogP contribution in [0.4, 0.5) is 0 Å². The standard InChI is InChI=1S/C35H31N5O2/c41-34-33(26-11-5-2-6-12-26)37-31(32(38-34)25-9-3-1-4-10-25)27-17-15-24(16-18-27)23-39-21-19-28(20-22-39)40-30-14-8-7-13-29(30)36-35(40)42/h1-18,28H,19-23H2,(H,36,42)(H,38,41). The lowest BCUT2D eigenvalue weighted by atomic mass is 10.0. The minimum Gasteiger partial charge on any atom is -0.318 e. The van der Waals surface area contributed by atoms with Crippen molar-refractivity contribution in [3.05, 3.63) is 136 Å². The van der Waals surface area contributed by atoms with Gasteiger partial charge in [-0.1, -0.05) is 97.1 Å². The van der Waals surface area contributed by atoms with Gasteiger partial charge in [-0.2, -0.15) is 0 Å². The first-order valence-electron chi connectivity index (χ1n) is 14.4. The molecule has 2 N–H and O–H groups in total. The third kappa shape index (κ3) is 4.99. The van der Waals surface area contributed by atoms with Gasteiger partial charge in [0.2, 0.25) is 0 Å². The van der Waals surface area contributed by atoms with E-state index in [0.717, 1.165) is 65.9 Å². The number of nitrogens with one attached hydrogen (secondary N) is 2. The van der Waals surface area contributed by atoms with E-state index >= 15 is 0 Å². The molecule has 1 aliphatic rings. The Morgan fingerprint density at radius 1 is 0.667 bits per heavy atom. The molecule has 42 heavy (non-hydrogen) atoms. The number of hydrogen-bond acceptors (Lipinski definition) is 4. The number of aromatic amines is 2. The zero-order valence-corrected chi connectivity index (χ0v) is 23.2. The van der Waals surface area contributed by atoms with Crippen molar-refractivity contribution in [2.45, 2.75) is 25.4 Å². The maximum absolute atomic E-state index is 13.1. The topological polar surface area (TPSA) is 86.8 Å². The number of hydrogen-bond donors (Lipinski definition) is 2. The van der Waals surface area contributed by atoms with Crippen molar-refractivity contribution in [3.63, 3.8) is 0 Å². The van der Waals surface area contributed by atoms with Gasteiger partial charge >= 0.3 is 5.69 Å². The van der Waals surface area contributed by atoms with Crippen LogP contribution >= 0.6 is 0 Å². The van der Waals surface area contributed by atoms with Crippen LogP contribution in [-0.4, -0.2) is 37.5 Å². The van der Waals surface area contributed by atoms with Crippen LogP contribution in [0.25, 0.3) is 44.8 Å². The minimum absolute atomic E-state index is 0.0219. The fraction of sp³-hybridized carbons (Fsp3) is 0.171. The number of likely N-dealkylation sites (tertiary alicyclic amines) is 1. The second-order valence-corrected chi connectivity index (χ2v) is 10.9. The summed E-state index contributed by atoms with van der Waals surface area (Å²) in [7, 11) is 0. The van der Waals surface area contributed by atoms with E-state index in [9.17, 15) is 9.59 Å². The number of H-pyrrole nitrogens is 2. The molecule has 0 aliphatic carbocycles. The van der Waals surface area contributed by atoms with Crippen molar-refractivity contribution in [1.82, 2.24) is 24.4 Å². The quantitative estimate of drug-likeness (QED) is 0.255. The normalized spacial score (nSPS) is 14.4. The van der Waals surface area contributed by atoms with Crippen LogP contribution in [-0.2, 0) is 6.54 Å². The highest BCUT2D eigenvalue weighted by atomic mass is 16.1. The SMILES string of the molecule is O=c1[nH]c(-c2ccccc2)c(-c2ccc(CN3CCC(n4c(=O)[nH]c5ccccc54)CC3)cc2)nc1-c1ccccc1. The summed E-state index contributed by atoms with van der Waals surface area (Å²) in [5.41, 5.74) is 7.38. The molecule has 4 aromatic carbocycles. The number of aromatic nitrogens is 4. The Morgan fingerprint density at radius 3 is 2.00 bits per heavy atom. The summed E-state index contributed by atoms with van der Waals surface area (Å²) < 4.78 is 1.94. The number of piperidine rings is 1. The molecule has 7 rings (SSSR count). The molecular formula is C35H31N5O2. The van der Waals surface area contributed by atoms with Crippen molar-refractivity contribution in [1.29, 1.82) is 0 Å². The summed E-state index contributed by atoms with van der Waals surface area (Å²) in [6.07, 6.45) is 1.87. The molecule has 0 unspecified atom stereocenters. The molecule has 1 fully saturated rings. The van der Waals surface area contributed by atoms with Gasteiger partial charge in [-0.25, -0.2) is 9.78 Å². The second kappa shape index (κ2) is 11.1. The Bertz CT molecular complexity index is 1950. The molecule has 7 nitrogen and oxygen atoms in total. The van der Waals surface area contributed by atoms with Gasteiger partial charge < -0.3 is 9.97 Å². The minimum atomic E-state index is -0.210. The van der Waals surface area contributed by atoms with E-state index in [1.807, 2.05) is 89.5 Å². The fourth-order valence-electron chi connectivity index (χ4n) is 6.06. The van der Waals surface area contributed by atoms with Gasteiger partial charge in [-0.3, -0.25) is 14.3 Å². The van der Waals surface area contributed by atoms with E-state index < -0.39 is 0 Å². The molecule has 3 heterocycles. The van der Waals surface area contributed by atoms with Gasteiger partial charge in [0.15, 0.2) is 0 Å². The molecule has 1 saturated heterocycles. The Kier molecular flexibility index (Phi) is 6.85. The monoisotopic (exact) mass is 553 g/mol. The van der Waals surface area contributed by atoms with Crippen LogP contribution in [0.1, 0.15) is 24.4 Å². The van der Waals surface area contributed by atoms with Crippen molar-refractivity contribution in [3.8, 4) is 33.8 Å². The third-order valence-electron chi connectivity index (χ3n) is 8.20. The average molecular weight is 554 g/mol. The Hall–Kier alpha value is -5.01. The van der Waals surface area contributed by atoms with Crippen molar-refractivity contribution in [2.75, 3.05) is 13.1 Å². The summed E-state index contributed by atoms with van der Waals surface area (Å²) in [5, 5.41) is 0. The molecule has 0 saturated carbocycles. The fourth-order valence-corrected chi connectivity index (χ4v) is 6.06. The molecular weight excluding hydrogens is 522 g/mol. The second-order valence-electron chi connectivity index (χ2n) is 10.9. The molecule has 2 aromatic heterocycles. The summed E-state index contributed by atoms with van der Waals surface area (Å²) in [6.45, 7) is 2.70. The van der Waals surface area contributed by atoms with Crippen LogP contribution in [0.15, 0.2) is 119 Å². The number of imidazole rings is 1. The summed E-state index contributed by atoms with van der Waals surface area (Å²) >= 11 is 0. The van der Waals surface area contributed by atoms with E-state index in [2.05, 4.69) is 39.1 Å². The van der Waals surface area contributed by atoms with Crippen molar-refractivity contribution < 1.29 is 0 Å². The molecule has 0 radical (unpaired) electrons. The highest BCUT2D eigenvalue weighted by Crippen LogP contribution is 2.31. The first-order chi connectivity index (χ1) is 20.6. The van der Waals surface area contributed by atoms with E-state index in [4.69, 9.17) is 4.98 Å². The van der Waals surface area contributed by atoms with Crippen LogP contribution in [0.2, 0.25) is 0 Å². The maximum Gasteiger partial charge on any atom is 0.326 e. The van der Waals surface area contributed by atoms with Crippen LogP contribution in [0, 0.1) is 0 Å². The van der Waals surface area contributed by atoms with Gasteiger partial charge in [0, 0.05) is 42.4 Å². The van der Waals surface area contributed by atoms with Gasteiger partial charge in [-0.05, 0) is 30.5 Å². The number of fused-ring (bicyclic) bond motifs is 1. The zero-order chi connectivity index (χ0) is 28.5. The summed E-state index contributed by atoms with van der Waals surface area (Å²) in [5.74, 6) is 0. The molecule has 1 aliphatic heterocycles. The van der Waals surface area contributed by atoms with Gasteiger partial charge in [0.05, 0.1) is 22.4 Å². The number of nitrogens with zero attached hydrogens (tertiary/aromatic N) is 3. The lowest BCUT2D eigenvalue weighted by Crippen LogP contribution is -2.36. The Balaban J connectivity index is 1.12. The first-order valence-corrected chi connectivity index (χ1v) is 14.4. The predicted molar refractivity (Wildman–Crippen MR) is 167 cm³/mol. The highest BCUT2D eigenvalue weighted by Gasteiger charge is 2.24. The molecule has 0 atom stereocenters. The van der Waals surface area contributed by atoms with Gasteiger partial charge in [0.25, 0.3) is 5.56 Å². The third-order valence-corrected chi connectivity index (χ3v) is 8.20. The van der Waals surface area contributed by atoms with Gasteiger partial charge in [0.1, 0.15) is 5.69 Å². The predicted octanol–water partition coefficient (Wildman–Crippen LogP) is 6.25. The molecule has 0 bridgehead atoms. The van der Waals surface area contributed by atoms with Crippen molar-refractivity contribution >= 4 is 11.0 Å². The maximum atomic E-state index is 13.1. The van der Waals surface area contributed by atoms with Crippen molar-refractivity contribution in [2.24, 2.45) is 0 Å². The highest BCUT2D eigenvalue weighted by molar-refractivity contribution is 5.79. The lowest BCUT2D eigenvalue weighted by Gasteiger charge is -2.32. The Morgan fingerprint density at radius 2 is 1.29 bits per heavy atom. The van der Waals surface area contributed by atoms with E-state index in [-0.39, 0.29) is 17.3 Å². The lowest BCUT2D eigenvalue weighted by molar-refractivity contribution is 0.180. The van der Waals surface area contributed by atoms with Crippen LogP contribution in [0.5, 0.6) is 0 Å². The zero-order valence-electron chi connectivity index (χ0n) is 23.2. The average Bonchev–Trinajstić information content (AvgIpc) is 3.38. The molecule has 0 amide bonds. The van der Waals surface area contributed by atoms with E-state index in [1.165, 1.54) is 5.56 Å². The molecule has 6 aromatic rings. The summed E-state index contributed by atoms with van der Waals surface area (Å²) in [4.78, 5) is 39.2. The van der Waals surface area contributed by atoms with E-state index in [1.54, 1.807) is 0 Å². The molecule has 208 valence electrons. The smallest absolute Gasteiger partial charge is 0.318 e. The van der Waals surface area contributed by atoms with E-state index in [0.29, 0.717) is 11.4 Å². The Labute approximate surface area is 243 Å². The molecule has 0 spiro atoms.